The molecule has 0 aromatic rings. The summed E-state index contributed by atoms with van der Waals surface area (Å²) in [5.41, 5.74) is 0.289. The van der Waals surface area contributed by atoms with Crippen LogP contribution in [-0.2, 0) is 0 Å². The number of piperidine rings is 1. The number of hydrogen-bond donors (Lipinski definition) is 2. The van der Waals surface area contributed by atoms with Crippen molar-refractivity contribution in [1.29, 1.82) is 0 Å². The van der Waals surface area contributed by atoms with Gasteiger partial charge in [0, 0.05) is 13.1 Å². The van der Waals surface area contributed by atoms with Crippen molar-refractivity contribution in [3.63, 3.8) is 0 Å². The molecule has 0 radical (unpaired) electrons. The first-order valence-corrected chi connectivity index (χ1v) is 3.49. The maximum absolute atomic E-state index is 9.18. The first kappa shape index (κ1) is 7.03. The minimum absolute atomic E-state index is 0.131. The van der Waals surface area contributed by atoms with Crippen molar-refractivity contribution < 1.29 is 5.11 Å². The zero-order chi connectivity index (χ0) is 6.91. The molecule has 0 spiro atoms. The molecule has 2 heteroatoms. The molecule has 1 atom stereocenters. The SMILES string of the molecule is CC1(C)CNCC(O)C1. The zero-order valence-electron chi connectivity index (χ0n) is 6.15. The molecule has 1 unspecified atom stereocenters. The Hall–Kier alpha value is -0.0800. The van der Waals surface area contributed by atoms with E-state index in [9.17, 15) is 5.11 Å². The standard InChI is InChI=1S/C7H15NO/c1-7(2)3-6(9)4-8-5-7/h6,8-9H,3-5H2,1-2H3. The van der Waals surface area contributed by atoms with Gasteiger partial charge in [-0.3, -0.25) is 0 Å². The lowest BCUT2D eigenvalue weighted by Gasteiger charge is -2.33. The first-order valence-electron chi connectivity index (χ1n) is 3.49. The van der Waals surface area contributed by atoms with Crippen molar-refractivity contribution in [2.75, 3.05) is 13.1 Å². The summed E-state index contributed by atoms with van der Waals surface area (Å²) in [7, 11) is 0. The third kappa shape index (κ3) is 1.95. The van der Waals surface area contributed by atoms with Crippen molar-refractivity contribution >= 4 is 0 Å². The van der Waals surface area contributed by atoms with Gasteiger partial charge >= 0.3 is 0 Å². The van der Waals surface area contributed by atoms with Gasteiger partial charge in [-0.25, -0.2) is 0 Å². The summed E-state index contributed by atoms with van der Waals surface area (Å²) in [6.07, 6.45) is 0.800. The maximum Gasteiger partial charge on any atom is 0.0670 e. The Kier molecular flexibility index (Phi) is 1.78. The second-order valence-corrected chi connectivity index (χ2v) is 3.65. The van der Waals surface area contributed by atoms with E-state index in [1.165, 1.54) is 0 Å². The van der Waals surface area contributed by atoms with E-state index in [2.05, 4.69) is 19.2 Å². The Balaban J connectivity index is 2.41. The fourth-order valence-electron chi connectivity index (χ4n) is 1.36. The molecule has 0 amide bonds. The van der Waals surface area contributed by atoms with E-state index >= 15 is 0 Å². The van der Waals surface area contributed by atoms with E-state index in [4.69, 9.17) is 0 Å². The largest absolute Gasteiger partial charge is 0.392 e. The van der Waals surface area contributed by atoms with Crippen LogP contribution in [0.15, 0.2) is 0 Å². The third-order valence-electron chi connectivity index (χ3n) is 1.77. The summed E-state index contributed by atoms with van der Waals surface area (Å²) in [4.78, 5) is 0. The molecule has 0 saturated carbocycles. The van der Waals surface area contributed by atoms with Gasteiger partial charge in [-0.05, 0) is 11.8 Å². The lowest BCUT2D eigenvalue weighted by Crippen LogP contribution is -2.43. The molecule has 1 fully saturated rings. The molecule has 2 N–H and O–H groups in total. The van der Waals surface area contributed by atoms with Gasteiger partial charge in [0.15, 0.2) is 0 Å². The van der Waals surface area contributed by atoms with Crippen LogP contribution in [0.2, 0.25) is 0 Å². The van der Waals surface area contributed by atoms with Crippen molar-refractivity contribution in [2.24, 2.45) is 5.41 Å². The van der Waals surface area contributed by atoms with Gasteiger partial charge in [0.05, 0.1) is 6.10 Å². The number of rotatable bonds is 0. The second kappa shape index (κ2) is 2.27. The molecule has 0 aromatic heterocycles. The Morgan fingerprint density at radius 1 is 1.56 bits per heavy atom. The Labute approximate surface area is 56.3 Å². The molecule has 54 valence electrons. The summed E-state index contributed by atoms with van der Waals surface area (Å²) in [5.74, 6) is 0. The summed E-state index contributed by atoms with van der Waals surface area (Å²) >= 11 is 0. The number of aliphatic hydroxyl groups excluding tert-OH is 1. The molecule has 1 heterocycles. The topological polar surface area (TPSA) is 32.3 Å². The second-order valence-electron chi connectivity index (χ2n) is 3.65. The van der Waals surface area contributed by atoms with Crippen molar-refractivity contribution in [1.82, 2.24) is 5.32 Å². The van der Waals surface area contributed by atoms with Crippen LogP contribution in [0, 0.1) is 5.41 Å². The maximum atomic E-state index is 9.18. The first-order chi connectivity index (χ1) is 4.10. The van der Waals surface area contributed by atoms with E-state index in [0.29, 0.717) is 0 Å². The van der Waals surface area contributed by atoms with Crippen LogP contribution in [-0.4, -0.2) is 24.3 Å². The average Bonchev–Trinajstić information content (AvgIpc) is 1.60. The van der Waals surface area contributed by atoms with Gasteiger partial charge in [-0.1, -0.05) is 13.8 Å². The summed E-state index contributed by atoms with van der Waals surface area (Å²) in [6, 6.07) is 0. The fourth-order valence-corrected chi connectivity index (χ4v) is 1.36. The molecule has 1 aliphatic heterocycles. The molecule has 0 aliphatic carbocycles. The van der Waals surface area contributed by atoms with Crippen LogP contribution in [0.3, 0.4) is 0 Å². The monoisotopic (exact) mass is 129 g/mol. The highest BCUT2D eigenvalue weighted by Gasteiger charge is 2.25. The molecule has 1 saturated heterocycles. The van der Waals surface area contributed by atoms with Gasteiger partial charge in [0.25, 0.3) is 0 Å². The van der Waals surface area contributed by atoms with Gasteiger partial charge in [0.1, 0.15) is 0 Å². The highest BCUT2D eigenvalue weighted by Crippen LogP contribution is 2.23. The van der Waals surface area contributed by atoms with Gasteiger partial charge < -0.3 is 10.4 Å². The quantitative estimate of drug-likeness (QED) is 0.495. The molecule has 2 nitrogen and oxygen atoms in total. The summed E-state index contributed by atoms with van der Waals surface area (Å²) in [6.45, 7) is 6.14. The molecular formula is C7H15NO. The van der Waals surface area contributed by atoms with Crippen molar-refractivity contribution in [3.8, 4) is 0 Å². The Bertz CT molecular complexity index is 101. The molecule has 0 aromatic carbocycles. The fraction of sp³-hybridized carbons (Fsp3) is 1.00. The highest BCUT2D eigenvalue weighted by molar-refractivity contribution is 4.81. The van der Waals surface area contributed by atoms with Crippen LogP contribution < -0.4 is 5.32 Å². The third-order valence-corrected chi connectivity index (χ3v) is 1.77. The minimum Gasteiger partial charge on any atom is -0.392 e. The average molecular weight is 129 g/mol. The van der Waals surface area contributed by atoms with Crippen molar-refractivity contribution in [2.45, 2.75) is 26.4 Å². The molecular weight excluding hydrogens is 114 g/mol. The van der Waals surface area contributed by atoms with E-state index in [1.54, 1.807) is 0 Å². The molecule has 1 rings (SSSR count). The smallest absolute Gasteiger partial charge is 0.0670 e. The van der Waals surface area contributed by atoms with Gasteiger partial charge in [0.2, 0.25) is 0 Å². The van der Waals surface area contributed by atoms with Crippen LogP contribution in [0.1, 0.15) is 20.3 Å². The molecule has 9 heavy (non-hydrogen) atoms. The predicted octanol–water partition coefficient (Wildman–Crippen LogP) is 0.367. The highest BCUT2D eigenvalue weighted by atomic mass is 16.3. The zero-order valence-corrected chi connectivity index (χ0v) is 6.15. The predicted molar refractivity (Wildman–Crippen MR) is 37.3 cm³/mol. The lowest BCUT2D eigenvalue weighted by atomic mass is 9.84. The van der Waals surface area contributed by atoms with Crippen LogP contribution >= 0.6 is 0 Å². The number of nitrogens with one attached hydrogen (secondary N) is 1. The van der Waals surface area contributed by atoms with Gasteiger partial charge in [-0.15, -0.1) is 0 Å². The molecule has 1 aliphatic rings. The normalized spacial score (nSPS) is 34.3. The van der Waals surface area contributed by atoms with E-state index in [1.807, 2.05) is 0 Å². The summed E-state index contributed by atoms with van der Waals surface area (Å²) in [5, 5.41) is 12.4. The van der Waals surface area contributed by atoms with E-state index < -0.39 is 0 Å². The van der Waals surface area contributed by atoms with Crippen LogP contribution in [0.4, 0.5) is 0 Å². The Morgan fingerprint density at radius 2 is 2.22 bits per heavy atom. The van der Waals surface area contributed by atoms with Crippen LogP contribution in [0.25, 0.3) is 0 Å². The summed E-state index contributed by atoms with van der Waals surface area (Å²) < 4.78 is 0. The van der Waals surface area contributed by atoms with E-state index in [0.717, 1.165) is 19.5 Å². The number of β-amino-alcohol motifs (C(OH)–C–C–N with tert-alkyl or cyclic N) is 1. The van der Waals surface area contributed by atoms with Gasteiger partial charge in [-0.2, -0.15) is 0 Å². The minimum atomic E-state index is -0.131. The number of aliphatic hydroxyl groups is 1. The number of hydrogen-bond acceptors (Lipinski definition) is 2. The lowest BCUT2D eigenvalue weighted by molar-refractivity contribution is 0.0806. The van der Waals surface area contributed by atoms with E-state index in [-0.39, 0.29) is 11.5 Å². The Morgan fingerprint density at radius 3 is 2.56 bits per heavy atom. The molecule has 0 bridgehead atoms. The van der Waals surface area contributed by atoms with Crippen molar-refractivity contribution in [3.05, 3.63) is 0 Å². The van der Waals surface area contributed by atoms with Crippen LogP contribution in [0.5, 0.6) is 0 Å².